The molecule has 0 spiro atoms. The van der Waals surface area contributed by atoms with Gasteiger partial charge in [0.1, 0.15) is 0 Å². The molecular weight excluding hydrogens is 228 g/mol. The van der Waals surface area contributed by atoms with Gasteiger partial charge in [0, 0.05) is 32.4 Å². The molecule has 1 saturated heterocycles. The summed E-state index contributed by atoms with van der Waals surface area (Å²) in [5.74, 6) is 0.791. The Bertz CT molecular complexity index is 363. The van der Waals surface area contributed by atoms with E-state index in [1.807, 2.05) is 10.9 Å². The first-order valence-corrected chi connectivity index (χ1v) is 6.63. The van der Waals surface area contributed by atoms with Crippen molar-refractivity contribution in [2.24, 2.45) is 11.7 Å². The van der Waals surface area contributed by atoms with Crippen LogP contribution in [0.3, 0.4) is 0 Å². The van der Waals surface area contributed by atoms with Crippen molar-refractivity contribution in [3.63, 3.8) is 0 Å². The zero-order chi connectivity index (χ0) is 13.0. The number of rotatable bonds is 6. The van der Waals surface area contributed by atoms with Crippen molar-refractivity contribution in [3.8, 4) is 0 Å². The lowest BCUT2D eigenvalue weighted by atomic mass is 10.1. The summed E-state index contributed by atoms with van der Waals surface area (Å²) in [7, 11) is 4.35. The molecule has 0 amide bonds. The molecule has 2 N–H and O–H groups in total. The van der Waals surface area contributed by atoms with Crippen LogP contribution in [0.5, 0.6) is 0 Å². The largest absolute Gasteiger partial charge is 0.329 e. The highest BCUT2D eigenvalue weighted by molar-refractivity contribution is 4.92. The number of likely N-dealkylation sites (tertiary alicyclic amines) is 1. The first-order valence-electron chi connectivity index (χ1n) is 6.63. The molecule has 1 atom stereocenters. The lowest BCUT2D eigenvalue weighted by Gasteiger charge is -2.19. The SMILES string of the molecule is CN1CCC(CN(C)Cc2cn(CCN)nn2)C1. The molecule has 1 unspecified atom stereocenters. The molecule has 6 heteroatoms. The van der Waals surface area contributed by atoms with Gasteiger partial charge in [-0.05, 0) is 33.0 Å². The smallest absolute Gasteiger partial charge is 0.0967 e. The Labute approximate surface area is 109 Å². The highest BCUT2D eigenvalue weighted by Crippen LogP contribution is 2.15. The normalized spacial score (nSPS) is 21.0. The molecule has 1 aliphatic rings. The van der Waals surface area contributed by atoms with Crippen LogP contribution in [-0.4, -0.2) is 65.1 Å². The summed E-state index contributed by atoms with van der Waals surface area (Å²) in [4.78, 5) is 4.73. The Morgan fingerprint density at radius 3 is 3.06 bits per heavy atom. The zero-order valence-corrected chi connectivity index (χ0v) is 11.4. The van der Waals surface area contributed by atoms with Gasteiger partial charge < -0.3 is 15.5 Å². The van der Waals surface area contributed by atoms with E-state index in [9.17, 15) is 0 Å². The van der Waals surface area contributed by atoms with Crippen molar-refractivity contribution in [1.82, 2.24) is 24.8 Å². The number of nitrogens with two attached hydrogens (primary N) is 1. The monoisotopic (exact) mass is 252 g/mol. The fraction of sp³-hybridized carbons (Fsp3) is 0.833. The second-order valence-corrected chi connectivity index (χ2v) is 5.38. The predicted octanol–water partition coefficient (Wildman–Crippen LogP) is -0.380. The number of aromatic nitrogens is 3. The maximum absolute atomic E-state index is 5.49. The molecule has 6 nitrogen and oxygen atoms in total. The molecule has 0 bridgehead atoms. The molecule has 1 aromatic rings. The van der Waals surface area contributed by atoms with Crippen molar-refractivity contribution in [1.29, 1.82) is 0 Å². The summed E-state index contributed by atoms with van der Waals surface area (Å²) >= 11 is 0. The molecule has 2 heterocycles. The molecule has 102 valence electrons. The number of nitrogens with zero attached hydrogens (tertiary/aromatic N) is 5. The average Bonchev–Trinajstić information content (AvgIpc) is 2.89. The summed E-state index contributed by atoms with van der Waals surface area (Å²) in [6.07, 6.45) is 3.30. The van der Waals surface area contributed by atoms with Crippen LogP contribution in [0.25, 0.3) is 0 Å². The molecule has 0 saturated carbocycles. The van der Waals surface area contributed by atoms with Gasteiger partial charge in [0.15, 0.2) is 0 Å². The average molecular weight is 252 g/mol. The maximum Gasteiger partial charge on any atom is 0.0967 e. The van der Waals surface area contributed by atoms with E-state index in [4.69, 9.17) is 5.73 Å². The van der Waals surface area contributed by atoms with Gasteiger partial charge in [0.25, 0.3) is 0 Å². The van der Waals surface area contributed by atoms with Gasteiger partial charge in [-0.25, -0.2) is 0 Å². The van der Waals surface area contributed by atoms with E-state index in [0.29, 0.717) is 6.54 Å². The van der Waals surface area contributed by atoms with Crippen molar-refractivity contribution >= 4 is 0 Å². The maximum atomic E-state index is 5.49. The van der Waals surface area contributed by atoms with Gasteiger partial charge in [0.2, 0.25) is 0 Å². The van der Waals surface area contributed by atoms with Gasteiger partial charge >= 0.3 is 0 Å². The molecule has 1 aliphatic heterocycles. The van der Waals surface area contributed by atoms with Gasteiger partial charge in [-0.2, -0.15) is 0 Å². The summed E-state index contributed by atoms with van der Waals surface area (Å²) in [6.45, 7) is 5.78. The van der Waals surface area contributed by atoms with Crippen LogP contribution < -0.4 is 5.73 Å². The topological polar surface area (TPSA) is 63.2 Å². The molecule has 0 radical (unpaired) electrons. The second-order valence-electron chi connectivity index (χ2n) is 5.38. The molecule has 1 fully saturated rings. The minimum absolute atomic E-state index is 0.604. The van der Waals surface area contributed by atoms with Crippen molar-refractivity contribution in [3.05, 3.63) is 11.9 Å². The predicted molar refractivity (Wildman–Crippen MR) is 71.0 cm³/mol. The lowest BCUT2D eigenvalue weighted by Crippen LogP contribution is -2.27. The molecule has 0 aliphatic carbocycles. The van der Waals surface area contributed by atoms with E-state index in [1.165, 1.54) is 19.5 Å². The minimum Gasteiger partial charge on any atom is -0.329 e. The van der Waals surface area contributed by atoms with Crippen molar-refractivity contribution in [2.75, 3.05) is 40.3 Å². The molecule has 2 rings (SSSR count). The summed E-state index contributed by atoms with van der Waals surface area (Å²) < 4.78 is 1.81. The van der Waals surface area contributed by atoms with Gasteiger partial charge in [-0.1, -0.05) is 5.21 Å². The highest BCUT2D eigenvalue weighted by atomic mass is 15.4. The molecule has 18 heavy (non-hydrogen) atoms. The highest BCUT2D eigenvalue weighted by Gasteiger charge is 2.20. The van der Waals surface area contributed by atoms with E-state index in [0.717, 1.165) is 31.2 Å². The first kappa shape index (κ1) is 13.5. The third-order valence-corrected chi connectivity index (χ3v) is 3.44. The fourth-order valence-electron chi connectivity index (χ4n) is 2.61. The van der Waals surface area contributed by atoms with E-state index in [-0.39, 0.29) is 0 Å². The fourth-order valence-corrected chi connectivity index (χ4v) is 2.61. The van der Waals surface area contributed by atoms with Crippen LogP contribution in [0.15, 0.2) is 6.20 Å². The Morgan fingerprint density at radius 2 is 2.39 bits per heavy atom. The third-order valence-electron chi connectivity index (χ3n) is 3.44. The van der Waals surface area contributed by atoms with E-state index in [1.54, 1.807) is 0 Å². The standard InChI is InChI=1S/C12H24N6/c1-16-5-3-11(7-16)8-17(2)9-12-10-18(6-4-13)15-14-12/h10-11H,3-9,13H2,1-2H3. The Kier molecular flexibility index (Phi) is 4.68. The van der Waals surface area contributed by atoms with E-state index < -0.39 is 0 Å². The van der Waals surface area contributed by atoms with Gasteiger partial charge in [0.05, 0.1) is 12.2 Å². The van der Waals surface area contributed by atoms with Crippen LogP contribution >= 0.6 is 0 Å². The molecule has 0 aromatic carbocycles. The molecule has 1 aromatic heterocycles. The lowest BCUT2D eigenvalue weighted by molar-refractivity contribution is 0.264. The number of hydrogen-bond acceptors (Lipinski definition) is 5. The van der Waals surface area contributed by atoms with Crippen LogP contribution in [0.4, 0.5) is 0 Å². The first-order chi connectivity index (χ1) is 8.67. The quantitative estimate of drug-likeness (QED) is 0.748. The number of hydrogen-bond donors (Lipinski definition) is 1. The van der Waals surface area contributed by atoms with Crippen LogP contribution in [-0.2, 0) is 13.1 Å². The van der Waals surface area contributed by atoms with E-state index in [2.05, 4.69) is 34.2 Å². The van der Waals surface area contributed by atoms with E-state index >= 15 is 0 Å². The summed E-state index contributed by atoms with van der Waals surface area (Å²) in [5.41, 5.74) is 6.51. The van der Waals surface area contributed by atoms with Crippen LogP contribution in [0.1, 0.15) is 12.1 Å². The van der Waals surface area contributed by atoms with Crippen molar-refractivity contribution in [2.45, 2.75) is 19.5 Å². The summed E-state index contributed by atoms with van der Waals surface area (Å²) in [5, 5.41) is 8.22. The van der Waals surface area contributed by atoms with Crippen molar-refractivity contribution < 1.29 is 0 Å². The van der Waals surface area contributed by atoms with Gasteiger partial charge in [-0.3, -0.25) is 4.68 Å². The minimum atomic E-state index is 0.604. The van der Waals surface area contributed by atoms with Crippen LogP contribution in [0.2, 0.25) is 0 Å². The Morgan fingerprint density at radius 1 is 1.56 bits per heavy atom. The van der Waals surface area contributed by atoms with Crippen LogP contribution in [0, 0.1) is 5.92 Å². The molecular formula is C12H24N6. The Balaban J connectivity index is 1.77. The Hall–Kier alpha value is -0.980. The summed E-state index contributed by atoms with van der Waals surface area (Å²) in [6, 6.07) is 0. The zero-order valence-electron chi connectivity index (χ0n) is 11.4. The van der Waals surface area contributed by atoms with Gasteiger partial charge in [-0.15, -0.1) is 5.10 Å². The third kappa shape index (κ3) is 3.76. The second kappa shape index (κ2) is 6.26.